The van der Waals surface area contributed by atoms with Crippen LogP contribution in [-0.4, -0.2) is 36.3 Å². The van der Waals surface area contributed by atoms with Crippen LogP contribution in [0.4, 0.5) is 19.0 Å². The number of aromatic nitrogens is 2. The molecule has 4 rings (SSSR count). The van der Waals surface area contributed by atoms with Crippen molar-refractivity contribution in [1.82, 2.24) is 9.55 Å². The molecule has 0 radical (unpaired) electrons. The summed E-state index contributed by atoms with van der Waals surface area (Å²) in [5, 5.41) is 3.80. The van der Waals surface area contributed by atoms with Crippen LogP contribution in [0.2, 0.25) is 0 Å². The molecule has 0 atom stereocenters. The van der Waals surface area contributed by atoms with E-state index < -0.39 is 11.6 Å². The predicted octanol–water partition coefficient (Wildman–Crippen LogP) is 7.22. The van der Waals surface area contributed by atoms with Crippen LogP contribution in [0.15, 0.2) is 66.0 Å². The molecule has 1 N–H and O–H groups in total. The van der Waals surface area contributed by atoms with Gasteiger partial charge in [-0.25, -0.2) is 18.2 Å². The molecule has 11 heteroatoms. The Bertz CT molecular complexity index is 1380. The van der Waals surface area contributed by atoms with Gasteiger partial charge in [-0.15, -0.1) is 11.6 Å². The van der Waals surface area contributed by atoms with E-state index in [9.17, 15) is 13.2 Å². The third kappa shape index (κ3) is 7.13. The topological polar surface area (TPSA) is 57.5 Å². The number of nitrogens with zero attached hydrogens (tertiary/aromatic N) is 2. The maximum absolute atomic E-state index is 14.8. The summed E-state index contributed by atoms with van der Waals surface area (Å²) in [6, 6.07) is 13.8. The second-order valence-corrected chi connectivity index (χ2v) is 9.65. The van der Waals surface area contributed by atoms with E-state index in [1.165, 1.54) is 12.1 Å². The Morgan fingerprint density at radius 2 is 1.67 bits per heavy atom. The number of hydrogen-bond acceptors (Lipinski definition) is 6. The van der Waals surface area contributed by atoms with Crippen LogP contribution in [0.25, 0.3) is 5.69 Å². The van der Waals surface area contributed by atoms with Gasteiger partial charge in [-0.05, 0) is 48.4 Å². The van der Waals surface area contributed by atoms with Crippen molar-refractivity contribution < 1.29 is 27.4 Å². The van der Waals surface area contributed by atoms with Gasteiger partial charge in [0.05, 0.1) is 27.0 Å². The summed E-state index contributed by atoms with van der Waals surface area (Å²) >= 11 is 6.78. The molecule has 0 aliphatic rings. The highest BCUT2D eigenvalue weighted by Crippen LogP contribution is 2.32. The fourth-order valence-corrected chi connectivity index (χ4v) is 4.88. The minimum absolute atomic E-state index is 0.0209. The highest BCUT2D eigenvalue weighted by Gasteiger charge is 2.17. The predicted molar refractivity (Wildman–Crippen MR) is 147 cm³/mol. The molecule has 4 aromatic rings. The van der Waals surface area contributed by atoms with Gasteiger partial charge < -0.3 is 19.5 Å². The van der Waals surface area contributed by atoms with Crippen molar-refractivity contribution in [3.8, 4) is 22.9 Å². The first-order valence-electron chi connectivity index (χ1n) is 12.0. The van der Waals surface area contributed by atoms with Crippen molar-refractivity contribution >= 4 is 29.2 Å². The molecule has 39 heavy (non-hydrogen) atoms. The van der Waals surface area contributed by atoms with E-state index in [1.54, 1.807) is 37.1 Å². The highest BCUT2D eigenvalue weighted by molar-refractivity contribution is 7.98. The average molecular weight is 578 g/mol. The first kappa shape index (κ1) is 28.5. The maximum atomic E-state index is 14.8. The van der Waals surface area contributed by atoms with Gasteiger partial charge in [-0.3, -0.25) is 4.57 Å². The Morgan fingerprint density at radius 3 is 2.33 bits per heavy atom. The number of halogens is 4. The Labute approximate surface area is 234 Å². The number of benzene rings is 3. The quantitative estimate of drug-likeness (QED) is 0.103. The van der Waals surface area contributed by atoms with E-state index in [2.05, 4.69) is 10.3 Å². The van der Waals surface area contributed by atoms with E-state index in [0.29, 0.717) is 47.0 Å². The molecular formula is C28H27ClF3N3O3S. The van der Waals surface area contributed by atoms with Crippen LogP contribution in [0, 0.1) is 17.5 Å². The van der Waals surface area contributed by atoms with Gasteiger partial charge in [0.25, 0.3) is 0 Å². The Kier molecular flexibility index (Phi) is 9.89. The number of methoxy groups -OCH3 is 2. The molecule has 6 nitrogen and oxygen atoms in total. The van der Waals surface area contributed by atoms with Gasteiger partial charge in [0.1, 0.15) is 29.0 Å². The Morgan fingerprint density at radius 1 is 0.949 bits per heavy atom. The van der Waals surface area contributed by atoms with Crippen LogP contribution in [0.1, 0.15) is 17.5 Å². The molecule has 0 spiro atoms. The zero-order valence-corrected chi connectivity index (χ0v) is 22.9. The first-order chi connectivity index (χ1) is 18.9. The minimum atomic E-state index is -0.713. The maximum Gasteiger partial charge on any atom is 0.174 e. The molecule has 0 fully saturated rings. The molecule has 0 bridgehead atoms. The SMILES string of the molecule is COc1ccc(CNc2cnc(SCc3c(F)cc(OCCCCl)cc3F)n2-c2ccc(F)cc2)cc1OC. The summed E-state index contributed by atoms with van der Waals surface area (Å²) in [5.41, 5.74) is 1.46. The van der Waals surface area contributed by atoms with E-state index in [4.69, 9.17) is 25.8 Å². The third-order valence-corrected chi connectivity index (χ3v) is 6.99. The van der Waals surface area contributed by atoms with E-state index in [-0.39, 0.29) is 29.5 Å². The van der Waals surface area contributed by atoms with Crippen LogP contribution < -0.4 is 19.5 Å². The van der Waals surface area contributed by atoms with Gasteiger partial charge in [0.2, 0.25) is 0 Å². The lowest BCUT2D eigenvalue weighted by Gasteiger charge is -2.15. The monoisotopic (exact) mass is 577 g/mol. The van der Waals surface area contributed by atoms with Crippen molar-refractivity contribution in [1.29, 1.82) is 0 Å². The Hall–Kier alpha value is -3.50. The summed E-state index contributed by atoms with van der Waals surface area (Å²) in [4.78, 5) is 4.47. The number of hydrogen-bond donors (Lipinski definition) is 1. The van der Waals surface area contributed by atoms with Crippen molar-refractivity contribution in [3.05, 3.63) is 89.4 Å². The van der Waals surface area contributed by atoms with Crippen molar-refractivity contribution in [3.63, 3.8) is 0 Å². The number of rotatable bonds is 13. The number of thioether (sulfide) groups is 1. The largest absolute Gasteiger partial charge is 0.493 e. The molecule has 1 heterocycles. The summed E-state index contributed by atoms with van der Waals surface area (Å²) in [5.74, 6) is 0.500. The minimum Gasteiger partial charge on any atom is -0.493 e. The molecule has 0 saturated carbocycles. The smallest absolute Gasteiger partial charge is 0.174 e. The summed E-state index contributed by atoms with van der Waals surface area (Å²) in [7, 11) is 3.13. The molecule has 0 aliphatic carbocycles. The van der Waals surface area contributed by atoms with Crippen LogP contribution in [0.5, 0.6) is 17.2 Å². The molecule has 3 aromatic carbocycles. The summed E-state index contributed by atoms with van der Waals surface area (Å²) in [6.07, 6.45) is 2.18. The van der Waals surface area contributed by atoms with Gasteiger partial charge >= 0.3 is 0 Å². The lowest BCUT2D eigenvalue weighted by Crippen LogP contribution is -2.07. The second kappa shape index (κ2) is 13.5. The molecule has 0 saturated heterocycles. The molecule has 1 aromatic heterocycles. The zero-order chi connectivity index (χ0) is 27.8. The number of ether oxygens (including phenoxy) is 3. The van der Waals surface area contributed by atoms with Gasteiger partial charge in [-0.1, -0.05) is 17.8 Å². The number of imidazole rings is 1. The first-order valence-corrected chi connectivity index (χ1v) is 13.5. The lowest BCUT2D eigenvalue weighted by atomic mass is 10.2. The van der Waals surface area contributed by atoms with E-state index in [1.807, 2.05) is 18.2 Å². The van der Waals surface area contributed by atoms with Crippen molar-refractivity contribution in [2.24, 2.45) is 0 Å². The zero-order valence-electron chi connectivity index (χ0n) is 21.3. The molecule has 0 unspecified atom stereocenters. The lowest BCUT2D eigenvalue weighted by molar-refractivity contribution is 0.314. The molecule has 206 valence electrons. The average Bonchev–Trinajstić information content (AvgIpc) is 3.34. The summed E-state index contributed by atoms with van der Waals surface area (Å²) in [6.45, 7) is 0.691. The Balaban J connectivity index is 1.56. The fraction of sp³-hybridized carbons (Fsp3) is 0.250. The van der Waals surface area contributed by atoms with Crippen LogP contribution in [-0.2, 0) is 12.3 Å². The molecule has 0 aliphatic heterocycles. The third-order valence-electron chi connectivity index (χ3n) is 5.74. The molecular weight excluding hydrogens is 551 g/mol. The highest BCUT2D eigenvalue weighted by atomic mass is 35.5. The van der Waals surface area contributed by atoms with Crippen molar-refractivity contribution in [2.45, 2.75) is 23.9 Å². The van der Waals surface area contributed by atoms with Crippen LogP contribution in [0.3, 0.4) is 0 Å². The van der Waals surface area contributed by atoms with Crippen molar-refractivity contribution in [2.75, 3.05) is 32.0 Å². The van der Waals surface area contributed by atoms with Gasteiger partial charge in [0.15, 0.2) is 16.7 Å². The van der Waals surface area contributed by atoms with Gasteiger partial charge in [0, 0.05) is 41.6 Å². The van der Waals surface area contributed by atoms with Crippen LogP contribution >= 0.6 is 23.4 Å². The van der Waals surface area contributed by atoms with E-state index in [0.717, 1.165) is 29.5 Å². The number of alkyl halides is 1. The number of anilines is 1. The molecule has 0 amide bonds. The fourth-order valence-electron chi connectivity index (χ4n) is 3.77. The summed E-state index contributed by atoms with van der Waals surface area (Å²) < 4.78 is 61.0. The number of nitrogens with one attached hydrogen (secondary N) is 1. The normalized spacial score (nSPS) is 10.9. The van der Waals surface area contributed by atoms with Gasteiger partial charge in [-0.2, -0.15) is 0 Å². The second-order valence-electron chi connectivity index (χ2n) is 8.33. The van der Waals surface area contributed by atoms with E-state index >= 15 is 0 Å². The standard InChI is InChI=1S/C28H27ClF3N3O3S/c1-36-25-9-4-18(12-26(25)37-2)15-33-27-16-34-28(35(27)20-7-5-19(30)6-8-20)39-17-22-23(31)13-21(14-24(22)32)38-11-3-10-29/h4-9,12-14,16,33H,3,10-11,15,17H2,1-2H3.